The van der Waals surface area contributed by atoms with Gasteiger partial charge in [0.05, 0.1) is 0 Å². The molecule has 0 saturated carbocycles. The highest BCUT2D eigenvalue weighted by atomic mass is 35.5. The highest BCUT2D eigenvalue weighted by Gasteiger charge is 2.09. The van der Waals surface area contributed by atoms with Gasteiger partial charge in [-0.1, -0.05) is 69.0 Å². The van der Waals surface area contributed by atoms with Crippen molar-refractivity contribution in [3.8, 4) is 0 Å². The number of unbranched alkanes of at least 4 members (excludes halogenated alkanes) is 2. The van der Waals surface area contributed by atoms with E-state index in [1.165, 1.54) is 48.4 Å². The van der Waals surface area contributed by atoms with Crippen LogP contribution in [0.4, 0.5) is 0 Å². The third-order valence-electron chi connectivity index (χ3n) is 3.95. The Labute approximate surface area is 121 Å². The first-order valence-electron chi connectivity index (χ1n) is 7.43. The lowest BCUT2D eigenvalue weighted by atomic mass is 9.89. The van der Waals surface area contributed by atoms with Crippen LogP contribution in [0.5, 0.6) is 0 Å². The van der Waals surface area contributed by atoms with E-state index in [1.807, 2.05) is 12.1 Å². The van der Waals surface area contributed by atoms with E-state index in [0.29, 0.717) is 5.92 Å². The Morgan fingerprint density at radius 2 is 1.68 bits per heavy atom. The average molecular weight is 275 g/mol. The Bertz CT molecular complexity index is 530. The van der Waals surface area contributed by atoms with Crippen molar-refractivity contribution in [2.24, 2.45) is 0 Å². The molecule has 0 aliphatic carbocycles. The third-order valence-corrected chi connectivity index (χ3v) is 4.18. The topological polar surface area (TPSA) is 0 Å². The highest BCUT2D eigenvalue weighted by molar-refractivity contribution is 6.31. The maximum atomic E-state index is 6.03. The summed E-state index contributed by atoms with van der Waals surface area (Å²) in [5.41, 5.74) is 1.48. The van der Waals surface area contributed by atoms with Crippen LogP contribution in [-0.4, -0.2) is 0 Å². The molecule has 0 nitrogen and oxygen atoms in total. The Balaban J connectivity index is 2.20. The van der Waals surface area contributed by atoms with Crippen molar-refractivity contribution in [3.63, 3.8) is 0 Å². The molecule has 2 aromatic rings. The monoisotopic (exact) mass is 274 g/mol. The maximum Gasteiger partial charge on any atom is 0.0412 e. The van der Waals surface area contributed by atoms with Crippen molar-refractivity contribution in [2.45, 2.75) is 51.9 Å². The molecule has 0 heterocycles. The van der Waals surface area contributed by atoms with Gasteiger partial charge in [-0.05, 0) is 47.2 Å². The molecule has 2 rings (SSSR count). The molecule has 0 radical (unpaired) electrons. The zero-order valence-corrected chi connectivity index (χ0v) is 12.7. The molecule has 0 aliphatic heterocycles. The molecule has 0 fully saturated rings. The third kappa shape index (κ3) is 3.73. The van der Waals surface area contributed by atoms with Gasteiger partial charge in [0.2, 0.25) is 0 Å². The van der Waals surface area contributed by atoms with Crippen molar-refractivity contribution in [2.75, 3.05) is 0 Å². The molecular formula is C18H23Cl. The molecule has 0 amide bonds. The van der Waals surface area contributed by atoms with Crippen molar-refractivity contribution in [1.29, 1.82) is 0 Å². The number of fused-ring (bicyclic) bond motifs is 1. The summed E-state index contributed by atoms with van der Waals surface area (Å²) in [6.45, 7) is 4.56. The van der Waals surface area contributed by atoms with E-state index in [9.17, 15) is 0 Å². The zero-order chi connectivity index (χ0) is 13.7. The van der Waals surface area contributed by atoms with E-state index in [1.54, 1.807) is 0 Å². The Hall–Kier alpha value is -1.01. The van der Waals surface area contributed by atoms with E-state index in [-0.39, 0.29) is 0 Å². The van der Waals surface area contributed by atoms with E-state index < -0.39 is 0 Å². The number of hydrogen-bond donors (Lipinski definition) is 0. The van der Waals surface area contributed by atoms with Crippen LogP contribution in [0.15, 0.2) is 36.4 Å². The van der Waals surface area contributed by atoms with Crippen molar-refractivity contribution < 1.29 is 0 Å². The second-order valence-electron chi connectivity index (χ2n) is 5.35. The molecule has 2 aromatic carbocycles. The molecule has 0 aliphatic rings. The molecule has 1 atom stereocenters. The van der Waals surface area contributed by atoms with Gasteiger partial charge in [0.15, 0.2) is 0 Å². The molecule has 0 spiro atoms. The zero-order valence-electron chi connectivity index (χ0n) is 12.0. The summed E-state index contributed by atoms with van der Waals surface area (Å²) in [6, 6.07) is 13.0. The molecule has 1 unspecified atom stereocenters. The van der Waals surface area contributed by atoms with E-state index in [2.05, 4.69) is 38.1 Å². The Morgan fingerprint density at radius 1 is 0.947 bits per heavy atom. The summed E-state index contributed by atoms with van der Waals surface area (Å²) in [4.78, 5) is 0. The SMILES string of the molecule is CCCCCC(CC)c1ccc2cc(Cl)ccc2c1. The minimum atomic E-state index is 0.701. The van der Waals surface area contributed by atoms with Gasteiger partial charge in [-0.25, -0.2) is 0 Å². The lowest BCUT2D eigenvalue weighted by Crippen LogP contribution is -1.97. The lowest BCUT2D eigenvalue weighted by Gasteiger charge is -2.16. The van der Waals surface area contributed by atoms with E-state index in [4.69, 9.17) is 11.6 Å². The van der Waals surface area contributed by atoms with Gasteiger partial charge in [-0.15, -0.1) is 0 Å². The lowest BCUT2D eigenvalue weighted by molar-refractivity contribution is 0.554. The minimum absolute atomic E-state index is 0.701. The largest absolute Gasteiger partial charge is 0.0843 e. The standard InChI is InChI=1S/C18H23Cl/c1-3-5-6-7-14(4-2)15-8-9-17-13-18(19)11-10-16(17)12-15/h8-14H,3-7H2,1-2H3. The Kier molecular flexibility index (Phi) is 5.27. The first-order valence-corrected chi connectivity index (χ1v) is 7.81. The molecular weight excluding hydrogens is 252 g/mol. The van der Waals surface area contributed by atoms with Gasteiger partial charge in [-0.3, -0.25) is 0 Å². The van der Waals surface area contributed by atoms with Gasteiger partial charge < -0.3 is 0 Å². The summed E-state index contributed by atoms with van der Waals surface area (Å²) < 4.78 is 0. The van der Waals surface area contributed by atoms with E-state index in [0.717, 1.165) is 5.02 Å². The molecule has 0 aromatic heterocycles. The predicted molar refractivity (Wildman–Crippen MR) is 86.1 cm³/mol. The quantitative estimate of drug-likeness (QED) is 0.523. The second kappa shape index (κ2) is 6.96. The average Bonchev–Trinajstić information content (AvgIpc) is 2.43. The highest BCUT2D eigenvalue weighted by Crippen LogP contribution is 2.29. The molecule has 0 N–H and O–H groups in total. The molecule has 102 valence electrons. The van der Waals surface area contributed by atoms with Gasteiger partial charge in [0.25, 0.3) is 0 Å². The van der Waals surface area contributed by atoms with Gasteiger partial charge in [-0.2, -0.15) is 0 Å². The summed E-state index contributed by atoms with van der Waals surface area (Å²) >= 11 is 6.03. The first kappa shape index (κ1) is 14.4. The summed E-state index contributed by atoms with van der Waals surface area (Å²) in [5.74, 6) is 0.701. The predicted octanol–water partition coefficient (Wildman–Crippen LogP) is 6.57. The summed E-state index contributed by atoms with van der Waals surface area (Å²) in [6.07, 6.45) is 6.52. The number of benzene rings is 2. The van der Waals surface area contributed by atoms with Crippen molar-refractivity contribution in [3.05, 3.63) is 47.0 Å². The van der Waals surface area contributed by atoms with Crippen LogP contribution in [0, 0.1) is 0 Å². The van der Waals surface area contributed by atoms with Gasteiger partial charge in [0.1, 0.15) is 0 Å². The minimum Gasteiger partial charge on any atom is -0.0843 e. The number of halogens is 1. The molecule has 0 bridgehead atoms. The van der Waals surface area contributed by atoms with Crippen LogP contribution in [0.3, 0.4) is 0 Å². The van der Waals surface area contributed by atoms with Gasteiger partial charge >= 0.3 is 0 Å². The molecule has 0 saturated heterocycles. The number of rotatable bonds is 6. The van der Waals surface area contributed by atoms with Crippen LogP contribution in [0.25, 0.3) is 10.8 Å². The van der Waals surface area contributed by atoms with Crippen LogP contribution in [0.2, 0.25) is 5.02 Å². The van der Waals surface area contributed by atoms with Gasteiger partial charge in [0, 0.05) is 5.02 Å². The fourth-order valence-electron chi connectivity index (χ4n) is 2.74. The van der Waals surface area contributed by atoms with Crippen LogP contribution in [0.1, 0.15) is 57.4 Å². The summed E-state index contributed by atoms with van der Waals surface area (Å²) in [7, 11) is 0. The van der Waals surface area contributed by atoms with Crippen LogP contribution in [-0.2, 0) is 0 Å². The second-order valence-corrected chi connectivity index (χ2v) is 5.79. The Morgan fingerprint density at radius 3 is 2.42 bits per heavy atom. The van der Waals surface area contributed by atoms with Crippen molar-refractivity contribution >= 4 is 22.4 Å². The van der Waals surface area contributed by atoms with Crippen LogP contribution >= 0.6 is 11.6 Å². The first-order chi connectivity index (χ1) is 9.24. The van der Waals surface area contributed by atoms with Crippen LogP contribution < -0.4 is 0 Å². The summed E-state index contributed by atoms with van der Waals surface area (Å²) in [5, 5.41) is 3.35. The fraction of sp³-hybridized carbons (Fsp3) is 0.444. The smallest absolute Gasteiger partial charge is 0.0412 e. The number of hydrogen-bond acceptors (Lipinski definition) is 0. The molecule has 19 heavy (non-hydrogen) atoms. The van der Waals surface area contributed by atoms with Crippen molar-refractivity contribution in [1.82, 2.24) is 0 Å². The normalized spacial score (nSPS) is 12.8. The fourth-order valence-corrected chi connectivity index (χ4v) is 2.92. The van der Waals surface area contributed by atoms with E-state index >= 15 is 0 Å². The molecule has 1 heteroatoms. The maximum absolute atomic E-state index is 6.03.